The largest absolute Gasteiger partial charge is 0.484 e. The first kappa shape index (κ1) is 19.8. The van der Waals surface area contributed by atoms with Crippen molar-refractivity contribution in [3.63, 3.8) is 0 Å². The number of non-ortho nitro benzene ring substituents is 1. The first-order chi connectivity index (χ1) is 13.5. The zero-order chi connectivity index (χ0) is 20.1. The summed E-state index contributed by atoms with van der Waals surface area (Å²) in [6.45, 7) is 1.73. The van der Waals surface area contributed by atoms with Crippen LogP contribution in [0, 0.1) is 10.1 Å². The Balaban J connectivity index is 1.68. The molecule has 1 aromatic carbocycles. The summed E-state index contributed by atoms with van der Waals surface area (Å²) in [6.07, 6.45) is 3.76. The highest BCUT2D eigenvalue weighted by atomic mass is 32.1. The van der Waals surface area contributed by atoms with Crippen LogP contribution in [-0.4, -0.2) is 30.0 Å². The van der Waals surface area contributed by atoms with E-state index >= 15 is 0 Å². The average molecular weight is 404 g/mol. The van der Waals surface area contributed by atoms with E-state index in [4.69, 9.17) is 9.47 Å². The summed E-state index contributed by atoms with van der Waals surface area (Å²) in [5.41, 5.74) is 1.37. The van der Waals surface area contributed by atoms with Crippen LogP contribution in [0.25, 0.3) is 0 Å². The Hall–Kier alpha value is -2.94. The standard InChI is InChI=1S/C19H20N2O6S/c1-2-26-19(23)17-14-5-3-4-6-15(14)28-18(17)20-16(22)11-27-13-9-7-12(8-10-13)21(24)25/h7-10H,2-6,11H2,1H3,(H,20,22). The summed E-state index contributed by atoms with van der Waals surface area (Å²) < 4.78 is 10.5. The highest BCUT2D eigenvalue weighted by Gasteiger charge is 2.27. The molecule has 1 aliphatic carbocycles. The number of fused-ring (bicyclic) bond motifs is 1. The van der Waals surface area contributed by atoms with Gasteiger partial charge in [0.25, 0.3) is 11.6 Å². The quantitative estimate of drug-likeness (QED) is 0.428. The molecule has 9 heteroatoms. The number of thiophene rings is 1. The van der Waals surface area contributed by atoms with Crippen LogP contribution in [0.1, 0.15) is 40.6 Å². The van der Waals surface area contributed by atoms with Gasteiger partial charge in [0.1, 0.15) is 10.8 Å². The van der Waals surface area contributed by atoms with Crippen molar-refractivity contribution in [2.45, 2.75) is 32.6 Å². The van der Waals surface area contributed by atoms with Crippen LogP contribution in [0.2, 0.25) is 0 Å². The summed E-state index contributed by atoms with van der Waals surface area (Å²) in [4.78, 5) is 36.0. The Morgan fingerprint density at radius 2 is 1.93 bits per heavy atom. The number of ether oxygens (including phenoxy) is 2. The van der Waals surface area contributed by atoms with Gasteiger partial charge in [-0.05, 0) is 50.3 Å². The second-order valence-corrected chi connectivity index (χ2v) is 7.33. The SMILES string of the molecule is CCOC(=O)c1c(NC(=O)COc2ccc([N+](=O)[O-])cc2)sc2c1CCCC2. The first-order valence-electron chi connectivity index (χ1n) is 8.98. The molecule has 0 fully saturated rings. The van der Waals surface area contributed by atoms with Crippen molar-refractivity contribution < 1.29 is 24.0 Å². The van der Waals surface area contributed by atoms with E-state index in [2.05, 4.69) is 5.32 Å². The van der Waals surface area contributed by atoms with Crippen LogP contribution in [0.15, 0.2) is 24.3 Å². The molecule has 0 spiro atoms. The molecule has 1 aliphatic rings. The van der Waals surface area contributed by atoms with Gasteiger partial charge in [0.15, 0.2) is 6.61 Å². The summed E-state index contributed by atoms with van der Waals surface area (Å²) in [7, 11) is 0. The smallest absolute Gasteiger partial charge is 0.341 e. The number of aryl methyl sites for hydroxylation is 1. The van der Waals surface area contributed by atoms with Gasteiger partial charge in [-0.1, -0.05) is 0 Å². The molecule has 1 amide bonds. The fraction of sp³-hybridized carbons (Fsp3) is 0.368. The van der Waals surface area contributed by atoms with Gasteiger partial charge in [-0.25, -0.2) is 4.79 Å². The van der Waals surface area contributed by atoms with Gasteiger partial charge in [0.2, 0.25) is 0 Å². The number of anilines is 1. The fourth-order valence-electron chi connectivity index (χ4n) is 3.05. The van der Waals surface area contributed by atoms with Crippen molar-refractivity contribution in [3.05, 3.63) is 50.4 Å². The van der Waals surface area contributed by atoms with Crippen LogP contribution in [-0.2, 0) is 22.4 Å². The lowest BCUT2D eigenvalue weighted by Gasteiger charge is -2.12. The Morgan fingerprint density at radius 3 is 2.61 bits per heavy atom. The highest BCUT2D eigenvalue weighted by molar-refractivity contribution is 7.17. The number of hydrogen-bond acceptors (Lipinski definition) is 7. The van der Waals surface area contributed by atoms with E-state index in [1.54, 1.807) is 6.92 Å². The second-order valence-electron chi connectivity index (χ2n) is 6.22. The number of carbonyl (C=O) groups is 2. The van der Waals surface area contributed by atoms with E-state index in [0.717, 1.165) is 36.1 Å². The molecule has 8 nitrogen and oxygen atoms in total. The molecule has 148 valence electrons. The van der Waals surface area contributed by atoms with Gasteiger partial charge in [-0.3, -0.25) is 14.9 Å². The monoisotopic (exact) mass is 404 g/mol. The maximum absolute atomic E-state index is 12.4. The number of rotatable bonds is 7. The summed E-state index contributed by atoms with van der Waals surface area (Å²) in [6, 6.07) is 5.47. The van der Waals surface area contributed by atoms with Crippen LogP contribution in [0.4, 0.5) is 10.7 Å². The lowest BCUT2D eigenvalue weighted by atomic mass is 9.95. The van der Waals surface area contributed by atoms with Gasteiger partial charge >= 0.3 is 5.97 Å². The molecule has 1 aromatic heterocycles. The summed E-state index contributed by atoms with van der Waals surface area (Å²) in [5.74, 6) is -0.493. The maximum atomic E-state index is 12.4. The topological polar surface area (TPSA) is 108 Å². The van der Waals surface area contributed by atoms with Gasteiger partial charge in [0.05, 0.1) is 17.1 Å². The molecule has 0 aliphatic heterocycles. The molecule has 0 unspecified atom stereocenters. The normalized spacial score (nSPS) is 12.8. The number of nitro benzene ring substituents is 1. The van der Waals surface area contributed by atoms with E-state index in [9.17, 15) is 19.7 Å². The molecular formula is C19H20N2O6S. The predicted molar refractivity (Wildman–Crippen MR) is 104 cm³/mol. The van der Waals surface area contributed by atoms with Crippen LogP contribution in [0.3, 0.4) is 0 Å². The van der Waals surface area contributed by atoms with Crippen molar-refractivity contribution in [3.8, 4) is 5.75 Å². The fourth-order valence-corrected chi connectivity index (χ4v) is 4.34. The number of benzene rings is 1. The third kappa shape index (κ3) is 4.48. The molecule has 28 heavy (non-hydrogen) atoms. The molecule has 1 N–H and O–H groups in total. The Bertz CT molecular complexity index is 891. The lowest BCUT2D eigenvalue weighted by Crippen LogP contribution is -2.21. The molecule has 0 bridgehead atoms. The van der Waals surface area contributed by atoms with E-state index in [1.807, 2.05) is 0 Å². The molecule has 0 saturated heterocycles. The predicted octanol–water partition coefficient (Wildman–Crippen LogP) is 3.73. The van der Waals surface area contributed by atoms with Gasteiger partial charge < -0.3 is 14.8 Å². The van der Waals surface area contributed by atoms with Crippen molar-refractivity contribution in [1.82, 2.24) is 0 Å². The van der Waals surface area contributed by atoms with E-state index < -0.39 is 16.8 Å². The van der Waals surface area contributed by atoms with E-state index in [-0.39, 0.29) is 18.9 Å². The molecule has 3 rings (SSSR count). The number of esters is 1. The third-order valence-corrected chi connectivity index (χ3v) is 5.53. The Labute approximate surface area is 165 Å². The Kier molecular flexibility index (Phi) is 6.25. The van der Waals surface area contributed by atoms with E-state index in [1.165, 1.54) is 35.6 Å². The van der Waals surface area contributed by atoms with Gasteiger partial charge in [-0.2, -0.15) is 0 Å². The minimum atomic E-state index is -0.508. The molecule has 0 atom stereocenters. The number of nitrogens with zero attached hydrogens (tertiary/aromatic N) is 1. The second kappa shape index (κ2) is 8.83. The Morgan fingerprint density at radius 1 is 1.21 bits per heavy atom. The maximum Gasteiger partial charge on any atom is 0.341 e. The zero-order valence-electron chi connectivity index (χ0n) is 15.4. The molecule has 0 radical (unpaired) electrons. The number of amides is 1. The summed E-state index contributed by atoms with van der Waals surface area (Å²) >= 11 is 1.41. The molecule has 2 aromatic rings. The van der Waals surface area contributed by atoms with Crippen molar-refractivity contribution in [2.24, 2.45) is 0 Å². The molecule has 0 saturated carbocycles. The molecule has 1 heterocycles. The minimum Gasteiger partial charge on any atom is -0.484 e. The number of nitrogens with one attached hydrogen (secondary N) is 1. The zero-order valence-corrected chi connectivity index (χ0v) is 16.2. The van der Waals surface area contributed by atoms with E-state index in [0.29, 0.717) is 16.3 Å². The molecular weight excluding hydrogens is 384 g/mol. The van der Waals surface area contributed by atoms with Crippen LogP contribution >= 0.6 is 11.3 Å². The van der Waals surface area contributed by atoms with Gasteiger partial charge in [0, 0.05) is 17.0 Å². The third-order valence-electron chi connectivity index (χ3n) is 4.32. The minimum absolute atomic E-state index is 0.0555. The van der Waals surface area contributed by atoms with Gasteiger partial charge in [-0.15, -0.1) is 11.3 Å². The van der Waals surface area contributed by atoms with Crippen molar-refractivity contribution >= 4 is 33.9 Å². The highest BCUT2D eigenvalue weighted by Crippen LogP contribution is 2.38. The average Bonchev–Trinajstić information content (AvgIpc) is 3.04. The first-order valence-corrected chi connectivity index (χ1v) is 9.80. The van der Waals surface area contributed by atoms with Crippen molar-refractivity contribution in [1.29, 1.82) is 0 Å². The summed E-state index contributed by atoms with van der Waals surface area (Å²) in [5, 5.41) is 13.9. The number of carbonyl (C=O) groups excluding carboxylic acids is 2. The number of nitro groups is 1. The van der Waals surface area contributed by atoms with Crippen molar-refractivity contribution in [2.75, 3.05) is 18.5 Å². The lowest BCUT2D eigenvalue weighted by molar-refractivity contribution is -0.384. The number of hydrogen-bond donors (Lipinski definition) is 1. The van der Waals surface area contributed by atoms with Crippen LogP contribution in [0.5, 0.6) is 5.75 Å². The van der Waals surface area contributed by atoms with Crippen LogP contribution < -0.4 is 10.1 Å².